The first kappa shape index (κ1) is 31.2. The zero-order valence-corrected chi connectivity index (χ0v) is 27.5. The fourth-order valence-electron chi connectivity index (χ4n) is 7.52. The number of aryl methyl sites for hydroxylation is 3. The van der Waals surface area contributed by atoms with E-state index in [2.05, 4.69) is 16.8 Å². The molecule has 1 N–H and O–H groups in total. The van der Waals surface area contributed by atoms with Crippen LogP contribution in [0.4, 0.5) is 8.78 Å². The summed E-state index contributed by atoms with van der Waals surface area (Å²) in [5.74, 6) is -2.48. The number of hydrogen-bond acceptors (Lipinski definition) is 7. The monoisotopic (exact) mass is 668 g/mol. The number of thiophene rings is 1. The molecule has 12 heteroatoms. The van der Waals surface area contributed by atoms with Crippen molar-refractivity contribution in [2.24, 2.45) is 5.41 Å². The van der Waals surface area contributed by atoms with Crippen molar-refractivity contribution >= 4 is 39.1 Å². The van der Waals surface area contributed by atoms with Gasteiger partial charge in [0.2, 0.25) is 0 Å². The molecule has 1 spiro atoms. The predicted octanol–water partition coefficient (Wildman–Crippen LogP) is 6.94. The first-order valence-electron chi connectivity index (χ1n) is 15.6. The van der Waals surface area contributed by atoms with Gasteiger partial charge in [-0.3, -0.25) is 19.2 Å². The number of nitrogens with zero attached hydrogens (tertiary/aromatic N) is 4. The van der Waals surface area contributed by atoms with Gasteiger partial charge in [0.25, 0.3) is 11.5 Å². The second-order valence-electron chi connectivity index (χ2n) is 13.3. The van der Waals surface area contributed by atoms with E-state index in [1.807, 2.05) is 19.9 Å². The van der Waals surface area contributed by atoms with Gasteiger partial charge in [0.05, 0.1) is 33.4 Å². The van der Waals surface area contributed by atoms with Crippen LogP contribution in [0.2, 0.25) is 5.02 Å². The third-order valence-corrected chi connectivity index (χ3v) is 11.5. The second-order valence-corrected chi connectivity index (χ2v) is 14.6. The van der Waals surface area contributed by atoms with Gasteiger partial charge in [0.15, 0.2) is 0 Å². The quantitative estimate of drug-likeness (QED) is 0.228. The molecule has 0 unspecified atom stereocenters. The Morgan fingerprint density at radius 2 is 1.96 bits per heavy atom. The van der Waals surface area contributed by atoms with E-state index < -0.39 is 17.3 Å². The minimum absolute atomic E-state index is 0.0333. The van der Waals surface area contributed by atoms with Gasteiger partial charge in [-0.2, -0.15) is 0 Å². The summed E-state index contributed by atoms with van der Waals surface area (Å²) in [5, 5.41) is 11.7. The molecule has 3 aromatic heterocycles. The Morgan fingerprint density at radius 1 is 1.17 bits per heavy atom. The first-order chi connectivity index (χ1) is 21.8. The molecule has 4 heterocycles. The van der Waals surface area contributed by atoms with Gasteiger partial charge in [0.1, 0.15) is 18.2 Å². The van der Waals surface area contributed by atoms with Gasteiger partial charge in [-0.25, -0.2) is 18.6 Å². The molecular formula is C34H35ClF2N4O4S. The minimum Gasteiger partial charge on any atom is -0.491 e. The fraction of sp³-hybridized carbons (Fsp3) is 0.471. The van der Waals surface area contributed by atoms with Gasteiger partial charge >= 0.3 is 5.97 Å². The van der Waals surface area contributed by atoms with Crippen molar-refractivity contribution in [3.63, 3.8) is 0 Å². The SMILES string of the molecule is Cc1cc(-c2cc(Cl)ccc2OCCn2c(C)nc3c(c2=O)C[C@](C)(N2CCC[C@]4(C2)CC4(F)F)CC3)c2scc(C(=O)O)c2n1. The molecule has 8 nitrogen and oxygen atoms in total. The zero-order chi connectivity index (χ0) is 32.6. The van der Waals surface area contributed by atoms with Crippen LogP contribution in [0.3, 0.4) is 0 Å². The maximum atomic E-state index is 14.3. The molecule has 0 amide bonds. The third kappa shape index (κ3) is 5.20. The number of alkyl halides is 2. The molecule has 2 aliphatic carbocycles. The van der Waals surface area contributed by atoms with Gasteiger partial charge in [-0.1, -0.05) is 11.6 Å². The molecule has 3 aliphatic rings. The van der Waals surface area contributed by atoms with E-state index in [1.165, 1.54) is 11.3 Å². The van der Waals surface area contributed by atoms with Crippen LogP contribution < -0.4 is 10.3 Å². The Labute approximate surface area is 274 Å². The number of likely N-dealkylation sites (tertiary alicyclic amines) is 1. The number of piperidine rings is 1. The van der Waals surface area contributed by atoms with Gasteiger partial charge < -0.3 is 9.84 Å². The van der Waals surface area contributed by atoms with Crippen LogP contribution >= 0.6 is 22.9 Å². The molecule has 1 aliphatic heterocycles. The number of halogens is 3. The molecule has 46 heavy (non-hydrogen) atoms. The molecule has 2 fully saturated rings. The van der Waals surface area contributed by atoms with E-state index in [1.54, 1.807) is 28.1 Å². The Balaban J connectivity index is 1.13. The van der Waals surface area contributed by atoms with Crippen LogP contribution in [0.1, 0.15) is 65.7 Å². The molecule has 1 saturated carbocycles. The maximum absolute atomic E-state index is 14.3. The molecular weight excluding hydrogens is 634 g/mol. The molecule has 4 aromatic rings. The summed E-state index contributed by atoms with van der Waals surface area (Å²) in [6.07, 6.45) is 3.17. The highest BCUT2D eigenvalue weighted by atomic mass is 35.5. The van der Waals surface area contributed by atoms with Crippen LogP contribution in [-0.2, 0) is 19.4 Å². The molecule has 1 aromatic carbocycles. The van der Waals surface area contributed by atoms with Crippen LogP contribution in [0, 0.1) is 19.3 Å². The van der Waals surface area contributed by atoms with E-state index in [9.17, 15) is 23.5 Å². The summed E-state index contributed by atoms with van der Waals surface area (Å²) in [5.41, 5.74) is 2.76. The van der Waals surface area contributed by atoms with Crippen molar-refractivity contribution in [3.05, 3.63) is 73.4 Å². The molecule has 0 bridgehead atoms. The van der Waals surface area contributed by atoms with E-state index in [0.717, 1.165) is 30.6 Å². The molecule has 7 rings (SSSR count). The lowest BCUT2D eigenvalue weighted by Crippen LogP contribution is -2.56. The summed E-state index contributed by atoms with van der Waals surface area (Å²) >= 11 is 7.71. The largest absolute Gasteiger partial charge is 0.491 e. The Kier molecular flexibility index (Phi) is 7.53. The number of carboxylic acids is 1. The second kappa shape index (κ2) is 11.1. The van der Waals surface area contributed by atoms with Gasteiger partial charge in [0, 0.05) is 51.3 Å². The highest BCUT2D eigenvalue weighted by Gasteiger charge is 2.71. The summed E-state index contributed by atoms with van der Waals surface area (Å²) in [7, 11) is 0. The number of pyridine rings is 1. The van der Waals surface area contributed by atoms with Crippen LogP contribution in [0.25, 0.3) is 21.3 Å². The van der Waals surface area contributed by atoms with Crippen molar-refractivity contribution in [1.82, 2.24) is 19.4 Å². The van der Waals surface area contributed by atoms with Crippen LogP contribution in [-0.4, -0.2) is 61.7 Å². The number of benzene rings is 1. The molecule has 1 saturated heterocycles. The normalized spacial score (nSPS) is 23.9. The van der Waals surface area contributed by atoms with Crippen molar-refractivity contribution < 1.29 is 23.4 Å². The summed E-state index contributed by atoms with van der Waals surface area (Å²) in [4.78, 5) is 37.2. The number of fused-ring (bicyclic) bond motifs is 2. The number of aromatic carboxylic acids is 1. The average Bonchev–Trinajstić information content (AvgIpc) is 3.30. The standard InChI is InChI=1S/C34H35ClF2N4O4S/c1-19-13-23(29-28(38-19)25(16-46-29)31(43)44)22-14-21(35)5-6-27(22)45-12-11-41-20(2)39-26-7-9-32(3,15-24(26)30(41)42)40-10-4-8-33(18-40)17-34(33,36)37/h5-6,13-14,16H,4,7-12,15,17-18H2,1-3H3,(H,43,44)/t32-,33-/m1/s1. The number of rotatable bonds is 7. The summed E-state index contributed by atoms with van der Waals surface area (Å²) in [6.45, 7) is 7.31. The van der Waals surface area contributed by atoms with E-state index in [-0.39, 0.29) is 36.2 Å². The lowest BCUT2D eigenvalue weighted by Gasteiger charge is -2.48. The fourth-order valence-corrected chi connectivity index (χ4v) is 8.70. The number of carboxylic acid groups (broad SMARTS) is 1. The summed E-state index contributed by atoms with van der Waals surface area (Å²) in [6, 6.07) is 7.17. The van der Waals surface area contributed by atoms with Crippen molar-refractivity contribution in [2.45, 2.75) is 77.3 Å². The van der Waals surface area contributed by atoms with Crippen LogP contribution in [0.15, 0.2) is 34.4 Å². The van der Waals surface area contributed by atoms with Crippen molar-refractivity contribution in [2.75, 3.05) is 19.7 Å². The molecule has 0 radical (unpaired) electrons. The topological polar surface area (TPSA) is 97.6 Å². The first-order valence-corrected chi connectivity index (χ1v) is 16.8. The predicted molar refractivity (Wildman–Crippen MR) is 174 cm³/mol. The number of aromatic nitrogens is 3. The number of ether oxygens (including phenoxy) is 1. The highest BCUT2D eigenvalue weighted by molar-refractivity contribution is 7.18. The zero-order valence-electron chi connectivity index (χ0n) is 26.0. The lowest BCUT2D eigenvalue weighted by atomic mass is 9.78. The Hall–Kier alpha value is -3.41. The van der Waals surface area contributed by atoms with Crippen LogP contribution in [0.5, 0.6) is 5.75 Å². The van der Waals surface area contributed by atoms with E-state index in [4.69, 9.17) is 21.3 Å². The average molecular weight is 669 g/mol. The van der Waals surface area contributed by atoms with Gasteiger partial charge in [-0.05, 0) is 83.7 Å². The molecule has 242 valence electrons. The lowest BCUT2D eigenvalue weighted by molar-refractivity contribution is -0.0161. The summed E-state index contributed by atoms with van der Waals surface area (Å²) < 4.78 is 37.2. The maximum Gasteiger partial charge on any atom is 0.338 e. The van der Waals surface area contributed by atoms with E-state index in [0.29, 0.717) is 69.4 Å². The van der Waals surface area contributed by atoms with Crippen molar-refractivity contribution in [1.29, 1.82) is 0 Å². The molecule has 2 atom stereocenters. The number of carbonyl (C=O) groups is 1. The number of hydrogen-bond donors (Lipinski definition) is 1. The van der Waals surface area contributed by atoms with E-state index >= 15 is 0 Å². The van der Waals surface area contributed by atoms with Gasteiger partial charge in [-0.15, -0.1) is 11.3 Å². The minimum atomic E-state index is -2.59. The Morgan fingerprint density at radius 3 is 2.70 bits per heavy atom. The third-order valence-electron chi connectivity index (χ3n) is 10.2. The highest BCUT2D eigenvalue weighted by Crippen LogP contribution is 2.65. The van der Waals surface area contributed by atoms with Crippen molar-refractivity contribution in [3.8, 4) is 16.9 Å². The Bertz CT molecular complexity index is 1960. The smallest absolute Gasteiger partial charge is 0.338 e.